The Balaban J connectivity index is 1.72. The van der Waals surface area contributed by atoms with Gasteiger partial charge in [-0.1, -0.05) is 13.8 Å². The van der Waals surface area contributed by atoms with E-state index >= 15 is 0 Å². The number of rotatable bonds is 6. The molecule has 1 aromatic heterocycles. The van der Waals surface area contributed by atoms with Crippen molar-refractivity contribution >= 4 is 11.3 Å². The van der Waals surface area contributed by atoms with Gasteiger partial charge in [-0.25, -0.2) is 4.98 Å². The Morgan fingerprint density at radius 2 is 2.11 bits per heavy atom. The van der Waals surface area contributed by atoms with Gasteiger partial charge in [0.25, 0.3) is 0 Å². The molecule has 1 heterocycles. The molecule has 1 saturated carbocycles. The van der Waals surface area contributed by atoms with Crippen LogP contribution < -0.4 is 5.32 Å². The predicted octanol–water partition coefficient (Wildman–Crippen LogP) is 2.98. The van der Waals surface area contributed by atoms with Crippen molar-refractivity contribution in [1.82, 2.24) is 10.3 Å². The molecule has 0 aliphatic heterocycles. The third-order valence-corrected chi connectivity index (χ3v) is 4.87. The second kappa shape index (κ2) is 7.36. The molecule has 0 atom stereocenters. The van der Waals surface area contributed by atoms with E-state index in [9.17, 15) is 0 Å². The normalized spacial score (nSPS) is 24.0. The Morgan fingerprint density at radius 1 is 1.37 bits per heavy atom. The van der Waals surface area contributed by atoms with Crippen molar-refractivity contribution in [1.29, 1.82) is 0 Å². The molecule has 0 bridgehead atoms. The van der Waals surface area contributed by atoms with Gasteiger partial charge in [0.15, 0.2) is 0 Å². The number of aliphatic hydroxyl groups is 1. The Hall–Kier alpha value is -0.450. The highest BCUT2D eigenvalue weighted by atomic mass is 32.1. The first-order chi connectivity index (χ1) is 9.17. The van der Waals surface area contributed by atoms with Crippen molar-refractivity contribution in [2.75, 3.05) is 6.61 Å². The first-order valence-corrected chi connectivity index (χ1v) is 8.26. The number of hydrogen-bond acceptors (Lipinski definition) is 4. The Kier molecular flexibility index (Phi) is 5.79. The molecule has 0 amide bonds. The highest BCUT2D eigenvalue weighted by molar-refractivity contribution is 7.11. The summed E-state index contributed by atoms with van der Waals surface area (Å²) in [5.74, 6) is 1.22. The standard InChI is InChI=1S/C15H26N2OS/c1-11(2)7-15-17-9-14(19-15)8-16-13-5-3-12(10-18)4-6-13/h9,11-13,16,18H,3-8,10H2,1-2H3. The van der Waals surface area contributed by atoms with E-state index in [0.29, 0.717) is 24.5 Å². The van der Waals surface area contributed by atoms with Crippen LogP contribution in [0.3, 0.4) is 0 Å². The lowest BCUT2D eigenvalue weighted by molar-refractivity contribution is 0.175. The molecule has 0 saturated heterocycles. The first-order valence-electron chi connectivity index (χ1n) is 7.45. The fraction of sp³-hybridized carbons (Fsp3) is 0.800. The Morgan fingerprint density at radius 3 is 2.74 bits per heavy atom. The molecule has 1 aliphatic carbocycles. The molecule has 19 heavy (non-hydrogen) atoms. The Labute approximate surface area is 120 Å². The summed E-state index contributed by atoms with van der Waals surface area (Å²) in [5.41, 5.74) is 0. The maximum Gasteiger partial charge on any atom is 0.0930 e. The number of aromatic nitrogens is 1. The number of aliphatic hydroxyl groups excluding tert-OH is 1. The van der Waals surface area contributed by atoms with E-state index in [0.717, 1.165) is 25.8 Å². The lowest BCUT2D eigenvalue weighted by Gasteiger charge is -2.27. The lowest BCUT2D eigenvalue weighted by Crippen LogP contribution is -2.33. The average molecular weight is 282 g/mol. The van der Waals surface area contributed by atoms with Crippen LogP contribution in [-0.2, 0) is 13.0 Å². The maximum absolute atomic E-state index is 9.13. The molecule has 2 rings (SSSR count). The number of thiazole rings is 1. The van der Waals surface area contributed by atoms with Gasteiger partial charge >= 0.3 is 0 Å². The van der Waals surface area contributed by atoms with Crippen molar-refractivity contribution in [3.8, 4) is 0 Å². The zero-order valence-corrected chi connectivity index (χ0v) is 12.9. The number of nitrogens with one attached hydrogen (secondary N) is 1. The van der Waals surface area contributed by atoms with Crippen LogP contribution in [0.25, 0.3) is 0 Å². The van der Waals surface area contributed by atoms with Gasteiger partial charge in [0, 0.05) is 36.7 Å². The predicted molar refractivity (Wildman–Crippen MR) is 80.3 cm³/mol. The minimum atomic E-state index is 0.361. The third kappa shape index (κ3) is 4.86. The average Bonchev–Trinajstić information content (AvgIpc) is 2.84. The summed E-state index contributed by atoms with van der Waals surface area (Å²) >= 11 is 1.84. The zero-order chi connectivity index (χ0) is 13.7. The monoisotopic (exact) mass is 282 g/mol. The van der Waals surface area contributed by atoms with Crippen LogP contribution in [0.15, 0.2) is 6.20 Å². The third-order valence-electron chi connectivity index (χ3n) is 3.85. The summed E-state index contributed by atoms with van der Waals surface area (Å²) in [4.78, 5) is 5.84. The van der Waals surface area contributed by atoms with Crippen molar-refractivity contribution in [2.24, 2.45) is 11.8 Å². The molecular weight excluding hydrogens is 256 g/mol. The van der Waals surface area contributed by atoms with E-state index in [-0.39, 0.29) is 0 Å². The van der Waals surface area contributed by atoms with Gasteiger partial charge in [-0.2, -0.15) is 0 Å². The summed E-state index contributed by atoms with van der Waals surface area (Å²) in [6, 6.07) is 0.624. The van der Waals surface area contributed by atoms with Crippen LogP contribution in [0.1, 0.15) is 49.4 Å². The fourth-order valence-corrected chi connectivity index (χ4v) is 3.75. The van der Waals surface area contributed by atoms with Crippen molar-refractivity contribution in [3.05, 3.63) is 16.1 Å². The topological polar surface area (TPSA) is 45.2 Å². The second-order valence-corrected chi connectivity index (χ2v) is 7.30. The van der Waals surface area contributed by atoms with E-state index in [1.54, 1.807) is 0 Å². The van der Waals surface area contributed by atoms with E-state index in [4.69, 9.17) is 5.11 Å². The molecule has 1 aliphatic rings. The molecule has 0 aromatic carbocycles. The summed E-state index contributed by atoms with van der Waals surface area (Å²) < 4.78 is 0. The van der Waals surface area contributed by atoms with Gasteiger partial charge in [-0.15, -0.1) is 11.3 Å². The van der Waals surface area contributed by atoms with Crippen LogP contribution in [0.5, 0.6) is 0 Å². The van der Waals surface area contributed by atoms with Crippen molar-refractivity contribution in [2.45, 2.75) is 58.5 Å². The highest BCUT2D eigenvalue weighted by Gasteiger charge is 2.20. The van der Waals surface area contributed by atoms with Crippen molar-refractivity contribution < 1.29 is 5.11 Å². The summed E-state index contributed by atoms with van der Waals surface area (Å²) in [6.07, 6.45) is 7.83. The van der Waals surface area contributed by atoms with Gasteiger partial charge < -0.3 is 10.4 Å². The minimum absolute atomic E-state index is 0.361. The highest BCUT2D eigenvalue weighted by Crippen LogP contribution is 2.24. The molecule has 0 unspecified atom stereocenters. The Bertz CT molecular complexity index is 370. The zero-order valence-electron chi connectivity index (χ0n) is 12.1. The quantitative estimate of drug-likeness (QED) is 0.843. The largest absolute Gasteiger partial charge is 0.396 e. The number of hydrogen-bond donors (Lipinski definition) is 2. The van der Waals surface area contributed by atoms with E-state index < -0.39 is 0 Å². The van der Waals surface area contributed by atoms with Gasteiger partial charge in [-0.3, -0.25) is 0 Å². The molecule has 0 radical (unpaired) electrons. The molecule has 1 fully saturated rings. The van der Waals surface area contributed by atoms with Crippen LogP contribution in [0.2, 0.25) is 0 Å². The molecule has 4 heteroatoms. The van der Waals surface area contributed by atoms with E-state index in [1.807, 2.05) is 17.5 Å². The van der Waals surface area contributed by atoms with Crippen LogP contribution in [0, 0.1) is 11.8 Å². The smallest absolute Gasteiger partial charge is 0.0930 e. The molecule has 1 aromatic rings. The van der Waals surface area contributed by atoms with Crippen LogP contribution in [0.4, 0.5) is 0 Å². The van der Waals surface area contributed by atoms with E-state index in [2.05, 4.69) is 24.1 Å². The maximum atomic E-state index is 9.13. The molecular formula is C15H26N2OS. The van der Waals surface area contributed by atoms with Gasteiger partial charge in [0.05, 0.1) is 5.01 Å². The summed E-state index contributed by atoms with van der Waals surface area (Å²) in [5, 5.41) is 14.0. The van der Waals surface area contributed by atoms with Gasteiger partial charge in [-0.05, 0) is 37.5 Å². The first kappa shape index (κ1) is 14.9. The molecule has 108 valence electrons. The molecule has 0 spiro atoms. The molecule has 2 N–H and O–H groups in total. The number of nitrogens with zero attached hydrogens (tertiary/aromatic N) is 1. The molecule has 3 nitrogen and oxygen atoms in total. The van der Waals surface area contributed by atoms with Crippen LogP contribution >= 0.6 is 11.3 Å². The SMILES string of the molecule is CC(C)Cc1ncc(CNC2CCC(CO)CC2)s1. The van der Waals surface area contributed by atoms with Gasteiger partial charge in [0.1, 0.15) is 0 Å². The summed E-state index contributed by atoms with van der Waals surface area (Å²) in [6.45, 7) is 5.78. The fourth-order valence-electron chi connectivity index (χ4n) is 2.67. The van der Waals surface area contributed by atoms with Gasteiger partial charge in [0.2, 0.25) is 0 Å². The summed E-state index contributed by atoms with van der Waals surface area (Å²) in [7, 11) is 0. The minimum Gasteiger partial charge on any atom is -0.396 e. The second-order valence-electron chi connectivity index (χ2n) is 6.10. The lowest BCUT2D eigenvalue weighted by atomic mass is 9.86. The van der Waals surface area contributed by atoms with E-state index in [1.165, 1.54) is 22.7 Å². The van der Waals surface area contributed by atoms with Crippen LogP contribution in [-0.4, -0.2) is 22.7 Å². The van der Waals surface area contributed by atoms with Crippen molar-refractivity contribution in [3.63, 3.8) is 0 Å².